The van der Waals surface area contributed by atoms with Crippen molar-refractivity contribution in [2.75, 3.05) is 18.1 Å². The van der Waals surface area contributed by atoms with Crippen LogP contribution >= 0.6 is 0 Å². The van der Waals surface area contributed by atoms with Crippen LogP contribution in [0.2, 0.25) is 0 Å². The Kier molecular flexibility index (Phi) is 3.69. The largest absolute Gasteiger partial charge is 0.382 e. The van der Waals surface area contributed by atoms with Crippen molar-refractivity contribution in [3.05, 3.63) is 30.3 Å². The van der Waals surface area contributed by atoms with E-state index >= 15 is 0 Å². The first-order valence-corrected chi connectivity index (χ1v) is 7.75. The summed E-state index contributed by atoms with van der Waals surface area (Å²) in [4.78, 5) is 0. The Morgan fingerprint density at radius 1 is 1.29 bits per heavy atom. The molecule has 0 aromatic heterocycles. The minimum atomic E-state index is -3.00. The van der Waals surface area contributed by atoms with Crippen molar-refractivity contribution in [3.8, 4) is 0 Å². The zero-order chi connectivity index (χ0) is 12.3. The standard InChI is InChI=1S/C12H18N2O2S/c1-17(15,16)12-9-11(7-8-13-12)14-10-5-3-2-4-6-10/h2-6,11-14H,7-9H2,1H3. The fourth-order valence-corrected chi connectivity index (χ4v) is 3.11. The van der Waals surface area contributed by atoms with Crippen molar-refractivity contribution >= 4 is 15.5 Å². The fraction of sp³-hybridized carbons (Fsp3) is 0.500. The highest BCUT2D eigenvalue weighted by Crippen LogP contribution is 2.17. The van der Waals surface area contributed by atoms with Crippen molar-refractivity contribution in [1.82, 2.24) is 5.32 Å². The van der Waals surface area contributed by atoms with Gasteiger partial charge >= 0.3 is 0 Å². The Hall–Kier alpha value is -1.07. The van der Waals surface area contributed by atoms with Gasteiger partial charge in [0.05, 0.1) is 0 Å². The summed E-state index contributed by atoms with van der Waals surface area (Å²) in [7, 11) is -3.00. The minimum absolute atomic E-state index is 0.221. The average molecular weight is 254 g/mol. The number of sulfone groups is 1. The summed E-state index contributed by atoms with van der Waals surface area (Å²) < 4.78 is 23.0. The molecule has 2 atom stereocenters. The third kappa shape index (κ3) is 3.44. The van der Waals surface area contributed by atoms with Gasteiger partial charge < -0.3 is 10.6 Å². The number of rotatable bonds is 3. The summed E-state index contributed by atoms with van der Waals surface area (Å²) in [5, 5.41) is 6.01. The van der Waals surface area contributed by atoms with Gasteiger partial charge in [0.25, 0.3) is 0 Å². The summed E-state index contributed by atoms with van der Waals surface area (Å²) >= 11 is 0. The molecule has 1 aromatic rings. The molecule has 1 aliphatic heterocycles. The zero-order valence-electron chi connectivity index (χ0n) is 9.89. The van der Waals surface area contributed by atoms with Gasteiger partial charge in [-0.05, 0) is 31.5 Å². The molecule has 0 radical (unpaired) electrons. The number of hydrogen-bond acceptors (Lipinski definition) is 4. The molecule has 1 aromatic carbocycles. The lowest BCUT2D eigenvalue weighted by atomic mass is 10.1. The molecule has 0 bridgehead atoms. The molecule has 17 heavy (non-hydrogen) atoms. The van der Waals surface area contributed by atoms with E-state index in [-0.39, 0.29) is 6.04 Å². The van der Waals surface area contributed by atoms with Crippen molar-refractivity contribution < 1.29 is 8.42 Å². The molecule has 0 saturated carbocycles. The second kappa shape index (κ2) is 5.06. The van der Waals surface area contributed by atoms with Crippen LogP contribution in [0.1, 0.15) is 12.8 Å². The smallest absolute Gasteiger partial charge is 0.163 e. The van der Waals surface area contributed by atoms with Crippen LogP contribution in [0.3, 0.4) is 0 Å². The summed E-state index contributed by atoms with van der Waals surface area (Å²) in [5.41, 5.74) is 1.05. The lowest BCUT2D eigenvalue weighted by molar-refractivity contribution is 0.434. The highest BCUT2D eigenvalue weighted by atomic mass is 32.2. The van der Waals surface area contributed by atoms with E-state index < -0.39 is 15.2 Å². The zero-order valence-corrected chi connectivity index (χ0v) is 10.7. The SMILES string of the molecule is CS(=O)(=O)C1CC(Nc2ccccc2)CCN1. The lowest BCUT2D eigenvalue weighted by Crippen LogP contribution is -2.46. The van der Waals surface area contributed by atoms with Gasteiger partial charge in [-0.15, -0.1) is 0 Å². The second-order valence-corrected chi connectivity index (χ2v) is 6.73. The maximum Gasteiger partial charge on any atom is 0.163 e. The molecule has 1 aliphatic rings. The van der Waals surface area contributed by atoms with Gasteiger partial charge in [-0.2, -0.15) is 0 Å². The Morgan fingerprint density at radius 2 is 2.00 bits per heavy atom. The van der Waals surface area contributed by atoms with Gasteiger partial charge in [-0.1, -0.05) is 18.2 Å². The van der Waals surface area contributed by atoms with Crippen molar-refractivity contribution in [1.29, 1.82) is 0 Å². The minimum Gasteiger partial charge on any atom is -0.382 e. The van der Waals surface area contributed by atoms with Crippen LogP contribution in [0, 0.1) is 0 Å². The van der Waals surface area contributed by atoms with E-state index in [4.69, 9.17) is 0 Å². The molecule has 5 heteroatoms. The molecular formula is C12H18N2O2S. The first-order valence-electron chi connectivity index (χ1n) is 5.79. The van der Waals surface area contributed by atoms with E-state index in [1.807, 2.05) is 30.3 Å². The second-order valence-electron chi connectivity index (χ2n) is 4.50. The number of benzene rings is 1. The molecule has 0 spiro atoms. The van der Waals surface area contributed by atoms with E-state index in [0.717, 1.165) is 18.7 Å². The van der Waals surface area contributed by atoms with Crippen molar-refractivity contribution in [2.24, 2.45) is 0 Å². The van der Waals surface area contributed by atoms with Gasteiger partial charge in [-0.25, -0.2) is 8.42 Å². The third-order valence-corrected chi connectivity index (χ3v) is 4.42. The fourth-order valence-electron chi connectivity index (χ4n) is 2.11. The van der Waals surface area contributed by atoms with Crippen LogP contribution < -0.4 is 10.6 Å². The summed E-state index contributed by atoms with van der Waals surface area (Å²) in [6, 6.07) is 10.1. The molecule has 4 nitrogen and oxygen atoms in total. The van der Waals surface area contributed by atoms with E-state index in [1.54, 1.807) is 0 Å². The number of piperidine rings is 1. The number of hydrogen-bond donors (Lipinski definition) is 2. The Balaban J connectivity index is 1.99. The van der Waals surface area contributed by atoms with Crippen LogP contribution in [0.4, 0.5) is 5.69 Å². The maximum atomic E-state index is 11.5. The number of para-hydroxylation sites is 1. The van der Waals surface area contributed by atoms with E-state index in [9.17, 15) is 8.42 Å². The highest BCUT2D eigenvalue weighted by Gasteiger charge is 2.28. The van der Waals surface area contributed by atoms with Crippen LogP contribution in [-0.4, -0.2) is 32.6 Å². The van der Waals surface area contributed by atoms with E-state index in [1.165, 1.54) is 6.26 Å². The monoisotopic (exact) mass is 254 g/mol. The van der Waals surface area contributed by atoms with Crippen LogP contribution in [-0.2, 0) is 9.84 Å². The van der Waals surface area contributed by atoms with Gasteiger partial charge in [0.2, 0.25) is 0 Å². The molecule has 94 valence electrons. The summed E-state index contributed by atoms with van der Waals surface area (Å²) in [6.07, 6.45) is 2.85. The molecule has 1 saturated heterocycles. The molecular weight excluding hydrogens is 236 g/mol. The Labute approximate surface area is 102 Å². The van der Waals surface area contributed by atoms with Crippen LogP contribution in [0.25, 0.3) is 0 Å². The molecule has 2 N–H and O–H groups in total. The number of nitrogens with one attached hydrogen (secondary N) is 2. The summed E-state index contributed by atoms with van der Waals surface area (Å²) in [5.74, 6) is 0. The summed E-state index contributed by atoms with van der Waals surface area (Å²) in [6.45, 7) is 0.738. The normalized spacial score (nSPS) is 25.5. The van der Waals surface area contributed by atoms with Crippen LogP contribution in [0.15, 0.2) is 30.3 Å². The van der Waals surface area contributed by atoms with Gasteiger partial charge in [0.15, 0.2) is 9.84 Å². The van der Waals surface area contributed by atoms with E-state index in [0.29, 0.717) is 6.42 Å². The lowest BCUT2D eigenvalue weighted by Gasteiger charge is -2.30. The average Bonchev–Trinajstić information content (AvgIpc) is 2.29. The predicted molar refractivity (Wildman–Crippen MR) is 69.7 cm³/mol. The first-order chi connectivity index (χ1) is 8.05. The van der Waals surface area contributed by atoms with E-state index in [2.05, 4.69) is 10.6 Å². The first kappa shape index (κ1) is 12.4. The molecule has 1 fully saturated rings. The maximum absolute atomic E-state index is 11.5. The topological polar surface area (TPSA) is 58.2 Å². The number of anilines is 1. The van der Waals surface area contributed by atoms with Gasteiger partial charge in [0.1, 0.15) is 5.37 Å². The molecule has 0 amide bonds. The Morgan fingerprint density at radius 3 is 2.65 bits per heavy atom. The van der Waals surface area contributed by atoms with Crippen molar-refractivity contribution in [3.63, 3.8) is 0 Å². The van der Waals surface area contributed by atoms with Gasteiger partial charge in [0, 0.05) is 18.0 Å². The highest BCUT2D eigenvalue weighted by molar-refractivity contribution is 7.91. The Bertz CT molecular complexity index is 459. The molecule has 0 aliphatic carbocycles. The molecule has 2 rings (SSSR count). The third-order valence-electron chi connectivity index (χ3n) is 3.02. The van der Waals surface area contributed by atoms with Crippen LogP contribution in [0.5, 0.6) is 0 Å². The molecule has 2 unspecified atom stereocenters. The van der Waals surface area contributed by atoms with Crippen molar-refractivity contribution in [2.45, 2.75) is 24.3 Å². The van der Waals surface area contributed by atoms with Gasteiger partial charge in [-0.3, -0.25) is 0 Å². The predicted octanol–water partition coefficient (Wildman–Crippen LogP) is 1.22. The molecule has 1 heterocycles. The quantitative estimate of drug-likeness (QED) is 0.851.